The normalized spacial score (nSPS) is 16.1. The molecule has 2 aromatic rings. The van der Waals surface area contributed by atoms with Crippen LogP contribution < -0.4 is 14.4 Å². The van der Waals surface area contributed by atoms with Crippen molar-refractivity contribution in [3.05, 3.63) is 52.5 Å². The molecular weight excluding hydrogens is 338 g/mol. The highest BCUT2D eigenvalue weighted by Gasteiger charge is 2.23. The summed E-state index contributed by atoms with van der Waals surface area (Å²) in [5.74, 6) is 1.29. The number of ether oxygens (including phenoxy) is 2. The van der Waals surface area contributed by atoms with Crippen LogP contribution in [0.15, 0.2) is 36.4 Å². The van der Waals surface area contributed by atoms with Crippen molar-refractivity contribution in [2.45, 2.75) is 25.7 Å². The Morgan fingerprint density at radius 2 is 1.96 bits per heavy atom. The van der Waals surface area contributed by atoms with Crippen molar-refractivity contribution in [3.8, 4) is 11.5 Å². The largest absolute Gasteiger partial charge is 0.489 e. The maximum Gasteiger partial charge on any atom is 0.231 e. The van der Waals surface area contributed by atoms with Gasteiger partial charge in [-0.1, -0.05) is 29.8 Å². The van der Waals surface area contributed by atoms with E-state index in [0.29, 0.717) is 36.2 Å². The molecule has 0 aromatic heterocycles. The number of carbonyl (C=O) groups is 1. The molecule has 0 bridgehead atoms. The van der Waals surface area contributed by atoms with E-state index < -0.39 is 0 Å². The van der Waals surface area contributed by atoms with Crippen LogP contribution in [0.4, 0.5) is 5.69 Å². The number of benzene rings is 2. The molecule has 0 aliphatic carbocycles. The van der Waals surface area contributed by atoms with Crippen LogP contribution in [0, 0.1) is 0 Å². The van der Waals surface area contributed by atoms with Gasteiger partial charge in [-0.25, -0.2) is 0 Å². The molecule has 130 valence electrons. The Balaban J connectivity index is 1.58. The lowest BCUT2D eigenvalue weighted by molar-refractivity contribution is -0.118. The molecule has 0 spiro atoms. The van der Waals surface area contributed by atoms with E-state index in [1.165, 1.54) is 5.56 Å². The molecule has 25 heavy (non-hydrogen) atoms. The van der Waals surface area contributed by atoms with E-state index in [-0.39, 0.29) is 5.91 Å². The van der Waals surface area contributed by atoms with Gasteiger partial charge in [-0.15, -0.1) is 0 Å². The van der Waals surface area contributed by atoms with Crippen LogP contribution in [0.3, 0.4) is 0 Å². The first kappa shape index (κ1) is 16.3. The van der Waals surface area contributed by atoms with Crippen LogP contribution in [0.1, 0.15) is 24.0 Å². The number of fused-ring (bicyclic) bond motifs is 2. The second-order valence-corrected chi connectivity index (χ2v) is 6.82. The Kier molecular flexibility index (Phi) is 4.53. The van der Waals surface area contributed by atoms with Crippen molar-refractivity contribution in [1.82, 2.24) is 0 Å². The third-order valence-electron chi connectivity index (χ3n) is 4.63. The second-order valence-electron chi connectivity index (χ2n) is 6.41. The van der Waals surface area contributed by atoms with Crippen molar-refractivity contribution in [2.24, 2.45) is 0 Å². The van der Waals surface area contributed by atoms with Crippen LogP contribution in [-0.4, -0.2) is 25.7 Å². The van der Waals surface area contributed by atoms with Gasteiger partial charge in [0.05, 0.1) is 24.7 Å². The van der Waals surface area contributed by atoms with E-state index >= 15 is 0 Å². The van der Waals surface area contributed by atoms with Gasteiger partial charge in [0.25, 0.3) is 0 Å². The quantitative estimate of drug-likeness (QED) is 0.814. The summed E-state index contributed by atoms with van der Waals surface area (Å²) in [6.07, 6.45) is 3.13. The van der Waals surface area contributed by atoms with Gasteiger partial charge in [-0.3, -0.25) is 4.79 Å². The minimum Gasteiger partial charge on any atom is -0.489 e. The highest BCUT2D eigenvalue weighted by atomic mass is 35.5. The molecule has 0 atom stereocenters. The van der Waals surface area contributed by atoms with Gasteiger partial charge in [0.1, 0.15) is 0 Å². The number of carbonyl (C=O) groups excluding carboxylic acids is 1. The van der Waals surface area contributed by atoms with Crippen LogP contribution in [0.5, 0.6) is 11.5 Å². The van der Waals surface area contributed by atoms with E-state index in [9.17, 15) is 4.79 Å². The second kappa shape index (κ2) is 6.96. The first-order valence-electron chi connectivity index (χ1n) is 8.68. The van der Waals surface area contributed by atoms with Gasteiger partial charge in [0, 0.05) is 18.7 Å². The minimum absolute atomic E-state index is 0.0812. The zero-order valence-electron chi connectivity index (χ0n) is 14.0. The maximum atomic E-state index is 12.9. The molecule has 4 nitrogen and oxygen atoms in total. The van der Waals surface area contributed by atoms with E-state index in [4.69, 9.17) is 21.1 Å². The van der Waals surface area contributed by atoms with Gasteiger partial charge < -0.3 is 14.4 Å². The van der Waals surface area contributed by atoms with Crippen molar-refractivity contribution in [3.63, 3.8) is 0 Å². The fraction of sp³-hybridized carbons (Fsp3) is 0.350. The number of hydrogen-bond acceptors (Lipinski definition) is 3. The van der Waals surface area contributed by atoms with Gasteiger partial charge in [0.15, 0.2) is 11.5 Å². The highest BCUT2D eigenvalue weighted by Crippen LogP contribution is 2.38. The monoisotopic (exact) mass is 357 g/mol. The van der Waals surface area contributed by atoms with Gasteiger partial charge in [-0.2, -0.15) is 0 Å². The maximum absolute atomic E-state index is 12.9. The summed E-state index contributed by atoms with van der Waals surface area (Å²) < 4.78 is 11.4. The lowest BCUT2D eigenvalue weighted by atomic mass is 10.0. The number of amides is 1. The molecule has 1 amide bonds. The third-order valence-corrected chi connectivity index (χ3v) is 4.91. The first-order valence-corrected chi connectivity index (χ1v) is 9.06. The SMILES string of the molecule is O=C(Cc1cc(Cl)c2c(c1)OCCCO2)N1CCCc2ccccc21. The molecule has 0 fully saturated rings. The van der Waals surface area contributed by atoms with E-state index in [1.54, 1.807) is 0 Å². The van der Waals surface area contributed by atoms with Gasteiger partial charge in [-0.05, 0) is 42.2 Å². The smallest absolute Gasteiger partial charge is 0.231 e. The Labute approximate surface area is 152 Å². The average molecular weight is 358 g/mol. The van der Waals surface area contributed by atoms with E-state index in [0.717, 1.165) is 37.1 Å². The summed E-state index contributed by atoms with van der Waals surface area (Å²) in [7, 11) is 0. The molecule has 0 saturated carbocycles. The molecule has 0 N–H and O–H groups in total. The van der Waals surface area contributed by atoms with Crippen LogP contribution in [0.25, 0.3) is 0 Å². The first-order chi connectivity index (χ1) is 12.2. The molecule has 2 aliphatic heterocycles. The molecule has 2 heterocycles. The lowest BCUT2D eigenvalue weighted by Crippen LogP contribution is -2.36. The number of nitrogens with zero attached hydrogens (tertiary/aromatic N) is 1. The predicted molar refractivity (Wildman–Crippen MR) is 97.9 cm³/mol. The Morgan fingerprint density at radius 1 is 1.12 bits per heavy atom. The summed E-state index contributed by atoms with van der Waals surface area (Å²) in [5.41, 5.74) is 3.11. The number of rotatable bonds is 2. The van der Waals surface area contributed by atoms with Crippen molar-refractivity contribution in [1.29, 1.82) is 0 Å². The Bertz CT molecular complexity index is 806. The molecule has 2 aromatic carbocycles. The number of aryl methyl sites for hydroxylation is 1. The minimum atomic E-state index is 0.0812. The topological polar surface area (TPSA) is 38.8 Å². The number of halogens is 1. The van der Waals surface area contributed by atoms with Crippen molar-refractivity contribution >= 4 is 23.2 Å². The van der Waals surface area contributed by atoms with Crippen molar-refractivity contribution in [2.75, 3.05) is 24.7 Å². The summed E-state index contributed by atoms with van der Waals surface area (Å²) >= 11 is 6.34. The highest BCUT2D eigenvalue weighted by molar-refractivity contribution is 6.32. The number of hydrogen-bond donors (Lipinski definition) is 0. The fourth-order valence-electron chi connectivity index (χ4n) is 3.45. The van der Waals surface area contributed by atoms with Gasteiger partial charge in [0.2, 0.25) is 5.91 Å². The molecular formula is C20H20ClNO3. The standard InChI is InChI=1S/C20H20ClNO3/c21-16-11-14(12-18-20(16)25-10-4-9-24-18)13-19(23)22-8-3-6-15-5-1-2-7-17(15)22/h1-2,5,7,11-12H,3-4,6,8-10,13H2. The van der Waals surface area contributed by atoms with E-state index in [2.05, 4.69) is 6.07 Å². The predicted octanol–water partition coefficient (Wildman–Crippen LogP) is 4.02. The van der Waals surface area contributed by atoms with Crippen LogP contribution in [-0.2, 0) is 17.6 Å². The number of para-hydroxylation sites is 1. The summed E-state index contributed by atoms with van der Waals surface area (Å²) in [4.78, 5) is 14.8. The fourth-order valence-corrected chi connectivity index (χ4v) is 3.74. The molecule has 2 aliphatic rings. The average Bonchev–Trinajstić information content (AvgIpc) is 2.87. The Hall–Kier alpha value is -2.20. The number of anilines is 1. The zero-order chi connectivity index (χ0) is 17.2. The summed E-state index contributed by atoms with van der Waals surface area (Å²) in [5, 5.41) is 0.501. The summed E-state index contributed by atoms with van der Waals surface area (Å²) in [6, 6.07) is 11.8. The Morgan fingerprint density at radius 3 is 2.88 bits per heavy atom. The third kappa shape index (κ3) is 3.31. The molecule has 0 radical (unpaired) electrons. The van der Waals surface area contributed by atoms with Crippen molar-refractivity contribution < 1.29 is 14.3 Å². The molecule has 4 rings (SSSR count). The van der Waals surface area contributed by atoms with Crippen LogP contribution >= 0.6 is 11.6 Å². The van der Waals surface area contributed by atoms with Gasteiger partial charge >= 0.3 is 0 Å². The molecule has 0 unspecified atom stereocenters. The lowest BCUT2D eigenvalue weighted by Gasteiger charge is -2.29. The van der Waals surface area contributed by atoms with E-state index in [1.807, 2.05) is 35.2 Å². The summed E-state index contributed by atoms with van der Waals surface area (Å²) in [6.45, 7) is 1.95. The molecule has 5 heteroatoms. The molecule has 0 saturated heterocycles. The van der Waals surface area contributed by atoms with Crippen LogP contribution in [0.2, 0.25) is 5.02 Å². The zero-order valence-corrected chi connectivity index (χ0v) is 14.7.